The average Bonchev–Trinajstić information content (AvgIpc) is 2.51. The number of esters is 1. The van der Waals surface area contributed by atoms with Crippen LogP contribution in [0.5, 0.6) is 0 Å². The molecular weight excluding hydrogens is 366 g/mol. The maximum absolute atomic E-state index is 12.6. The molecular formula is C24H37NO4. The summed E-state index contributed by atoms with van der Waals surface area (Å²) in [6.07, 6.45) is 3.81. The lowest BCUT2D eigenvalue weighted by Gasteiger charge is -2.25. The van der Waals surface area contributed by atoms with E-state index in [1.165, 1.54) is 0 Å². The van der Waals surface area contributed by atoms with Crippen LogP contribution in [0.4, 0.5) is 4.79 Å². The van der Waals surface area contributed by atoms with Crippen LogP contribution in [-0.2, 0) is 20.7 Å². The highest BCUT2D eigenvalue weighted by molar-refractivity contribution is 5.75. The van der Waals surface area contributed by atoms with Gasteiger partial charge < -0.3 is 14.8 Å². The van der Waals surface area contributed by atoms with Crippen LogP contribution in [0.25, 0.3) is 0 Å². The van der Waals surface area contributed by atoms with Crippen molar-refractivity contribution < 1.29 is 19.1 Å². The molecule has 0 saturated carbocycles. The third kappa shape index (κ3) is 10.7. The summed E-state index contributed by atoms with van der Waals surface area (Å²) in [4.78, 5) is 24.9. The molecule has 0 spiro atoms. The predicted molar refractivity (Wildman–Crippen MR) is 117 cm³/mol. The zero-order chi connectivity index (χ0) is 22.2. The van der Waals surface area contributed by atoms with Gasteiger partial charge in [-0.05, 0) is 59.4 Å². The molecule has 29 heavy (non-hydrogen) atoms. The second-order valence-electron chi connectivity index (χ2n) is 9.63. The number of benzene rings is 1. The Morgan fingerprint density at radius 2 is 1.48 bits per heavy atom. The Morgan fingerprint density at radius 1 is 0.931 bits per heavy atom. The third-order valence-electron chi connectivity index (χ3n) is 3.95. The number of amides is 1. The molecule has 1 N–H and O–H groups in total. The lowest BCUT2D eigenvalue weighted by Crippen LogP contribution is -2.39. The van der Waals surface area contributed by atoms with Gasteiger partial charge in [-0.3, -0.25) is 4.79 Å². The molecule has 0 radical (unpaired) electrons. The minimum atomic E-state index is -0.581. The minimum Gasteiger partial charge on any atom is -0.460 e. The van der Waals surface area contributed by atoms with Crippen LogP contribution in [0.3, 0.4) is 0 Å². The first-order valence-electron chi connectivity index (χ1n) is 10.2. The number of hydrogen-bond acceptors (Lipinski definition) is 4. The molecule has 1 rings (SSSR count). The van der Waals surface area contributed by atoms with Crippen LogP contribution in [0, 0.1) is 11.8 Å². The molecule has 1 aromatic carbocycles. The summed E-state index contributed by atoms with van der Waals surface area (Å²) in [5.41, 5.74) is -0.0465. The number of carbonyl (C=O) groups is 2. The van der Waals surface area contributed by atoms with Gasteiger partial charge in [0.2, 0.25) is 0 Å². The molecule has 0 aliphatic heterocycles. The van der Waals surface area contributed by atoms with E-state index >= 15 is 0 Å². The molecule has 5 nitrogen and oxygen atoms in total. The van der Waals surface area contributed by atoms with Crippen molar-refractivity contribution in [1.82, 2.24) is 5.32 Å². The molecule has 162 valence electrons. The Hall–Kier alpha value is -2.30. The van der Waals surface area contributed by atoms with E-state index in [2.05, 4.69) is 5.32 Å². The average molecular weight is 404 g/mol. The fourth-order valence-electron chi connectivity index (χ4n) is 2.69. The fourth-order valence-corrected chi connectivity index (χ4v) is 2.69. The SMILES string of the molecule is CC(C)[C@H](/C=C\[C@H](Cc1ccccc1)NC(=O)OC(C)(C)C)C(=O)OC(C)(C)C. The van der Waals surface area contributed by atoms with Crippen LogP contribution in [-0.4, -0.2) is 29.3 Å². The number of ether oxygens (including phenoxy) is 2. The maximum atomic E-state index is 12.6. The maximum Gasteiger partial charge on any atom is 0.408 e. The summed E-state index contributed by atoms with van der Waals surface area (Å²) in [6, 6.07) is 9.57. The first kappa shape index (κ1) is 24.7. The van der Waals surface area contributed by atoms with Crippen LogP contribution in [0.15, 0.2) is 42.5 Å². The van der Waals surface area contributed by atoms with E-state index in [9.17, 15) is 9.59 Å². The highest BCUT2D eigenvalue weighted by Gasteiger charge is 2.26. The van der Waals surface area contributed by atoms with Gasteiger partial charge in [-0.25, -0.2) is 4.79 Å². The monoisotopic (exact) mass is 403 g/mol. The molecule has 0 aliphatic rings. The lowest BCUT2D eigenvalue weighted by atomic mass is 9.93. The van der Waals surface area contributed by atoms with Crippen molar-refractivity contribution in [3.05, 3.63) is 48.0 Å². The number of rotatable bonds is 7. The van der Waals surface area contributed by atoms with Crippen molar-refractivity contribution in [2.45, 2.75) is 79.1 Å². The second-order valence-corrected chi connectivity index (χ2v) is 9.63. The quantitative estimate of drug-likeness (QED) is 0.496. The molecule has 0 fully saturated rings. The topological polar surface area (TPSA) is 64.6 Å². The van der Waals surface area contributed by atoms with Crippen LogP contribution in [0.1, 0.15) is 61.0 Å². The van der Waals surface area contributed by atoms with Crippen molar-refractivity contribution in [3.63, 3.8) is 0 Å². The Bertz CT molecular complexity index is 681. The minimum absolute atomic E-state index is 0.0694. The molecule has 5 heteroatoms. The fraction of sp³-hybridized carbons (Fsp3) is 0.583. The van der Waals surface area contributed by atoms with Crippen LogP contribution in [0.2, 0.25) is 0 Å². The summed E-state index contributed by atoms with van der Waals surface area (Å²) in [5, 5.41) is 2.90. The van der Waals surface area contributed by atoms with Gasteiger partial charge in [0.25, 0.3) is 0 Å². The van der Waals surface area contributed by atoms with Crippen molar-refractivity contribution in [3.8, 4) is 0 Å². The molecule has 2 atom stereocenters. The van der Waals surface area contributed by atoms with Gasteiger partial charge in [-0.15, -0.1) is 0 Å². The van der Waals surface area contributed by atoms with Gasteiger partial charge in [-0.2, -0.15) is 0 Å². The third-order valence-corrected chi connectivity index (χ3v) is 3.95. The molecule has 0 saturated heterocycles. The number of hydrogen-bond donors (Lipinski definition) is 1. The normalized spacial score (nSPS) is 14.5. The van der Waals surface area contributed by atoms with Gasteiger partial charge >= 0.3 is 12.1 Å². The summed E-state index contributed by atoms with van der Waals surface area (Å²) in [7, 11) is 0. The van der Waals surface area contributed by atoms with E-state index in [0.29, 0.717) is 6.42 Å². The number of alkyl carbamates (subject to hydrolysis) is 1. The van der Waals surface area contributed by atoms with Gasteiger partial charge in [-0.1, -0.05) is 56.3 Å². The van der Waals surface area contributed by atoms with Crippen molar-refractivity contribution in [2.75, 3.05) is 0 Å². The van der Waals surface area contributed by atoms with E-state index in [4.69, 9.17) is 9.47 Å². The smallest absolute Gasteiger partial charge is 0.408 e. The van der Waals surface area contributed by atoms with E-state index in [1.807, 2.05) is 97.9 Å². The lowest BCUT2D eigenvalue weighted by molar-refractivity contribution is -0.159. The van der Waals surface area contributed by atoms with Gasteiger partial charge in [0.1, 0.15) is 11.2 Å². The molecule has 1 aromatic rings. The standard InChI is InChI=1S/C24H37NO4/c1-17(2)20(21(26)28-23(3,4)5)15-14-19(16-18-12-10-9-11-13-18)25-22(27)29-24(6,7)8/h9-15,17,19-20H,16H2,1-8H3,(H,25,27)/b15-14-/t19-,20+/m1/s1. The van der Waals surface area contributed by atoms with E-state index < -0.39 is 23.2 Å². The Kier molecular flexibility index (Phi) is 8.93. The number of nitrogens with one attached hydrogen (secondary N) is 1. The summed E-state index contributed by atoms with van der Waals surface area (Å²) in [6.45, 7) is 15.0. The molecule has 0 unspecified atom stereocenters. The largest absolute Gasteiger partial charge is 0.460 e. The Balaban J connectivity index is 3.00. The van der Waals surface area contributed by atoms with E-state index in [0.717, 1.165) is 5.56 Å². The molecule has 0 aromatic heterocycles. The second kappa shape index (κ2) is 10.5. The summed E-state index contributed by atoms with van der Waals surface area (Å²) in [5.74, 6) is -0.590. The van der Waals surface area contributed by atoms with Crippen molar-refractivity contribution in [1.29, 1.82) is 0 Å². The van der Waals surface area contributed by atoms with Gasteiger partial charge in [0.15, 0.2) is 0 Å². The van der Waals surface area contributed by atoms with Crippen LogP contribution < -0.4 is 5.32 Å². The van der Waals surface area contributed by atoms with Gasteiger partial charge in [0, 0.05) is 0 Å². The molecule has 1 amide bonds. The molecule has 0 bridgehead atoms. The Morgan fingerprint density at radius 3 is 1.97 bits per heavy atom. The van der Waals surface area contributed by atoms with Crippen molar-refractivity contribution in [2.24, 2.45) is 11.8 Å². The highest BCUT2D eigenvalue weighted by atomic mass is 16.6. The summed E-state index contributed by atoms with van der Waals surface area (Å²) >= 11 is 0. The van der Waals surface area contributed by atoms with E-state index in [1.54, 1.807) is 0 Å². The zero-order valence-corrected chi connectivity index (χ0v) is 19.1. The summed E-state index contributed by atoms with van der Waals surface area (Å²) < 4.78 is 11.0. The Labute approximate surface area is 175 Å². The first-order valence-corrected chi connectivity index (χ1v) is 10.2. The molecule has 0 heterocycles. The highest BCUT2D eigenvalue weighted by Crippen LogP contribution is 2.20. The van der Waals surface area contributed by atoms with E-state index in [-0.39, 0.29) is 17.9 Å². The van der Waals surface area contributed by atoms with Crippen LogP contribution >= 0.6 is 0 Å². The molecule has 0 aliphatic carbocycles. The zero-order valence-electron chi connectivity index (χ0n) is 19.1. The van der Waals surface area contributed by atoms with Crippen molar-refractivity contribution >= 4 is 12.1 Å². The number of carbonyl (C=O) groups excluding carboxylic acids is 2. The predicted octanol–water partition coefficient (Wildman–Crippen LogP) is 5.29. The first-order chi connectivity index (χ1) is 13.3. The van der Waals surface area contributed by atoms with Gasteiger partial charge in [0.05, 0.1) is 12.0 Å².